The predicted octanol–water partition coefficient (Wildman–Crippen LogP) is 5.59. The molecule has 0 saturated carbocycles. The van der Waals surface area contributed by atoms with Crippen molar-refractivity contribution in [2.45, 2.75) is 12.8 Å². The quantitative estimate of drug-likeness (QED) is 0.548. The van der Waals surface area contributed by atoms with E-state index in [0.717, 1.165) is 30.2 Å². The standard InChI is InChI=1S/C19H15Br2NO3S/c20-14-9-13(10-15(21)17(14)23)11-16-18(24)22(19(25)26-16)8-4-7-12-5-2-1-3-6-12/h1-3,5-6,9-11,23H,4,7-8H2/b16-11+. The Hall–Kier alpha value is -1.57. The average Bonchev–Trinajstić information content (AvgIpc) is 2.88. The van der Waals surface area contributed by atoms with Crippen molar-refractivity contribution >= 4 is 60.8 Å². The maximum Gasteiger partial charge on any atom is 0.293 e. The minimum atomic E-state index is -0.270. The number of aromatic hydroxyl groups is 1. The first-order valence-electron chi connectivity index (χ1n) is 7.93. The molecule has 0 aliphatic carbocycles. The molecule has 26 heavy (non-hydrogen) atoms. The Morgan fingerprint density at radius 1 is 1.08 bits per heavy atom. The summed E-state index contributed by atoms with van der Waals surface area (Å²) < 4.78 is 1.03. The zero-order valence-electron chi connectivity index (χ0n) is 13.6. The van der Waals surface area contributed by atoms with Gasteiger partial charge in [0, 0.05) is 6.54 Å². The molecule has 3 rings (SSSR count). The fraction of sp³-hybridized carbons (Fsp3) is 0.158. The zero-order chi connectivity index (χ0) is 18.7. The second-order valence-corrected chi connectivity index (χ2v) is 8.46. The van der Waals surface area contributed by atoms with E-state index in [2.05, 4.69) is 31.9 Å². The summed E-state index contributed by atoms with van der Waals surface area (Å²) in [4.78, 5) is 26.4. The second kappa shape index (κ2) is 8.41. The number of halogens is 2. The molecule has 0 aromatic heterocycles. The van der Waals surface area contributed by atoms with Crippen LogP contribution in [0.1, 0.15) is 17.5 Å². The number of phenolic OH excluding ortho intramolecular Hbond substituents is 1. The Balaban J connectivity index is 1.68. The number of aryl methyl sites for hydroxylation is 1. The van der Waals surface area contributed by atoms with Gasteiger partial charge in [0.15, 0.2) is 0 Å². The third-order valence-corrected chi connectivity index (χ3v) is 6.02. The molecule has 1 aliphatic heterocycles. The van der Waals surface area contributed by atoms with Crippen molar-refractivity contribution in [2.24, 2.45) is 0 Å². The van der Waals surface area contributed by atoms with E-state index < -0.39 is 0 Å². The largest absolute Gasteiger partial charge is 0.506 e. The van der Waals surface area contributed by atoms with Crippen molar-refractivity contribution in [3.8, 4) is 5.75 Å². The number of thioether (sulfide) groups is 1. The van der Waals surface area contributed by atoms with Crippen LogP contribution < -0.4 is 0 Å². The van der Waals surface area contributed by atoms with Crippen molar-refractivity contribution in [3.05, 3.63) is 67.4 Å². The number of rotatable bonds is 5. The summed E-state index contributed by atoms with van der Waals surface area (Å²) in [5.41, 5.74) is 1.91. The SMILES string of the molecule is O=C1S/C(=C/c2cc(Br)c(O)c(Br)c2)C(=O)N1CCCc1ccccc1. The van der Waals surface area contributed by atoms with E-state index in [1.807, 2.05) is 30.3 Å². The lowest BCUT2D eigenvalue weighted by atomic mass is 10.1. The molecule has 2 aromatic carbocycles. The van der Waals surface area contributed by atoms with Crippen molar-refractivity contribution in [1.29, 1.82) is 0 Å². The third-order valence-electron chi connectivity index (χ3n) is 3.90. The number of amides is 2. The van der Waals surface area contributed by atoms with Crippen LogP contribution >= 0.6 is 43.6 Å². The summed E-state index contributed by atoms with van der Waals surface area (Å²) in [6, 6.07) is 13.4. The molecule has 0 unspecified atom stereocenters. The number of hydrogen-bond acceptors (Lipinski definition) is 4. The summed E-state index contributed by atoms with van der Waals surface area (Å²) in [6.07, 6.45) is 3.21. The molecule has 0 atom stereocenters. The molecule has 0 spiro atoms. The lowest BCUT2D eigenvalue weighted by Gasteiger charge is -2.12. The molecule has 1 saturated heterocycles. The van der Waals surface area contributed by atoms with Crippen LogP contribution in [0.25, 0.3) is 6.08 Å². The molecule has 0 radical (unpaired) electrons. The van der Waals surface area contributed by atoms with Crippen LogP contribution in [-0.2, 0) is 11.2 Å². The Morgan fingerprint density at radius 2 is 1.73 bits per heavy atom. The lowest BCUT2D eigenvalue weighted by molar-refractivity contribution is -0.122. The van der Waals surface area contributed by atoms with Gasteiger partial charge < -0.3 is 5.11 Å². The topological polar surface area (TPSA) is 57.6 Å². The minimum Gasteiger partial charge on any atom is -0.506 e. The maximum atomic E-state index is 12.5. The summed E-state index contributed by atoms with van der Waals surface area (Å²) in [5.74, 6) is -0.176. The van der Waals surface area contributed by atoms with Gasteiger partial charge >= 0.3 is 0 Å². The first kappa shape index (κ1) is 19.2. The van der Waals surface area contributed by atoms with Gasteiger partial charge in [0.05, 0.1) is 13.9 Å². The zero-order valence-corrected chi connectivity index (χ0v) is 17.6. The number of benzene rings is 2. The van der Waals surface area contributed by atoms with E-state index in [0.29, 0.717) is 20.4 Å². The van der Waals surface area contributed by atoms with Gasteiger partial charge in [0.2, 0.25) is 0 Å². The first-order chi connectivity index (χ1) is 12.5. The van der Waals surface area contributed by atoms with Crippen LogP contribution in [0.3, 0.4) is 0 Å². The van der Waals surface area contributed by atoms with E-state index in [1.54, 1.807) is 18.2 Å². The van der Waals surface area contributed by atoms with E-state index >= 15 is 0 Å². The van der Waals surface area contributed by atoms with Gasteiger partial charge in [-0.25, -0.2) is 0 Å². The normalized spacial score (nSPS) is 15.9. The van der Waals surface area contributed by atoms with Gasteiger partial charge in [0.1, 0.15) is 5.75 Å². The number of hydrogen-bond donors (Lipinski definition) is 1. The van der Waals surface area contributed by atoms with Gasteiger partial charge in [-0.1, -0.05) is 30.3 Å². The summed E-state index contributed by atoms with van der Waals surface area (Å²) in [6.45, 7) is 0.403. The summed E-state index contributed by atoms with van der Waals surface area (Å²) in [5, 5.41) is 9.53. The molecule has 1 heterocycles. The average molecular weight is 497 g/mol. The van der Waals surface area contributed by atoms with Crippen molar-refractivity contribution in [1.82, 2.24) is 4.90 Å². The highest BCUT2D eigenvalue weighted by atomic mass is 79.9. The number of carbonyl (C=O) groups is 2. The smallest absolute Gasteiger partial charge is 0.293 e. The van der Waals surface area contributed by atoms with Gasteiger partial charge in [-0.15, -0.1) is 0 Å². The Labute approximate surface area is 172 Å². The maximum absolute atomic E-state index is 12.5. The monoisotopic (exact) mass is 495 g/mol. The van der Waals surface area contributed by atoms with Gasteiger partial charge in [-0.2, -0.15) is 0 Å². The second-order valence-electron chi connectivity index (χ2n) is 5.76. The number of phenols is 1. The minimum absolute atomic E-state index is 0.0937. The number of carbonyl (C=O) groups excluding carboxylic acids is 2. The van der Waals surface area contributed by atoms with E-state index in [4.69, 9.17) is 0 Å². The Morgan fingerprint density at radius 3 is 2.38 bits per heavy atom. The Kier molecular flexibility index (Phi) is 6.21. The van der Waals surface area contributed by atoms with Crippen LogP contribution in [-0.4, -0.2) is 27.7 Å². The van der Waals surface area contributed by atoms with Crippen LogP contribution in [0.2, 0.25) is 0 Å². The van der Waals surface area contributed by atoms with E-state index in [-0.39, 0.29) is 16.9 Å². The number of nitrogens with zero attached hydrogens (tertiary/aromatic N) is 1. The first-order valence-corrected chi connectivity index (χ1v) is 10.3. The fourth-order valence-corrected chi connectivity index (χ4v) is 4.69. The Bertz CT molecular complexity index is 861. The molecule has 7 heteroatoms. The summed E-state index contributed by atoms with van der Waals surface area (Å²) >= 11 is 7.47. The van der Waals surface area contributed by atoms with Gasteiger partial charge in [0.25, 0.3) is 11.1 Å². The third kappa shape index (κ3) is 4.39. The van der Waals surface area contributed by atoms with Crippen LogP contribution in [0.4, 0.5) is 4.79 Å². The highest BCUT2D eigenvalue weighted by Crippen LogP contribution is 2.36. The lowest BCUT2D eigenvalue weighted by Crippen LogP contribution is -2.29. The van der Waals surface area contributed by atoms with Crippen molar-refractivity contribution in [2.75, 3.05) is 6.54 Å². The molecule has 134 valence electrons. The fourth-order valence-electron chi connectivity index (χ4n) is 2.60. The van der Waals surface area contributed by atoms with E-state index in [9.17, 15) is 14.7 Å². The van der Waals surface area contributed by atoms with Crippen molar-refractivity contribution < 1.29 is 14.7 Å². The van der Waals surface area contributed by atoms with Gasteiger partial charge in [-0.05, 0) is 85.8 Å². The highest BCUT2D eigenvalue weighted by Gasteiger charge is 2.34. The predicted molar refractivity (Wildman–Crippen MR) is 111 cm³/mol. The molecule has 2 amide bonds. The molecule has 1 N–H and O–H groups in total. The van der Waals surface area contributed by atoms with E-state index in [1.165, 1.54) is 10.5 Å². The summed E-state index contributed by atoms with van der Waals surface area (Å²) in [7, 11) is 0. The molecule has 2 aromatic rings. The molecule has 0 bridgehead atoms. The van der Waals surface area contributed by atoms with Crippen molar-refractivity contribution in [3.63, 3.8) is 0 Å². The molecule has 4 nitrogen and oxygen atoms in total. The number of imide groups is 1. The van der Waals surface area contributed by atoms with Crippen LogP contribution in [0.5, 0.6) is 5.75 Å². The van der Waals surface area contributed by atoms with Crippen LogP contribution in [0, 0.1) is 0 Å². The molecule has 1 fully saturated rings. The van der Waals surface area contributed by atoms with Crippen LogP contribution in [0.15, 0.2) is 56.3 Å². The molecule has 1 aliphatic rings. The van der Waals surface area contributed by atoms with Gasteiger partial charge in [-0.3, -0.25) is 14.5 Å². The highest BCUT2D eigenvalue weighted by molar-refractivity contribution is 9.11. The molecular formula is C19H15Br2NO3S. The molecular weight excluding hydrogens is 482 g/mol.